The van der Waals surface area contributed by atoms with Gasteiger partial charge in [0.2, 0.25) is 0 Å². The zero-order chi connectivity index (χ0) is 29.9. The van der Waals surface area contributed by atoms with Crippen molar-refractivity contribution in [3.05, 3.63) is 166 Å². The Morgan fingerprint density at radius 2 is 1.38 bits per heavy atom. The molecule has 0 spiro atoms. The number of nitrogens with zero attached hydrogens (tertiary/aromatic N) is 1. The molecule has 216 valence electrons. The van der Waals surface area contributed by atoms with Gasteiger partial charge < -0.3 is 14.1 Å². The monoisotopic (exact) mass is 581 g/mol. The lowest BCUT2D eigenvalue weighted by Crippen LogP contribution is -2.41. The molecule has 0 saturated heterocycles. The van der Waals surface area contributed by atoms with Gasteiger partial charge in [0.1, 0.15) is 11.3 Å². The Kier molecular flexibility index (Phi) is 5.92. The number of fused-ring (bicyclic) bond motifs is 7. The minimum atomic E-state index is 0.793. The van der Waals surface area contributed by atoms with Gasteiger partial charge in [0.25, 0.3) is 0 Å². The van der Waals surface area contributed by atoms with Gasteiger partial charge in [-0.2, -0.15) is 0 Å². The molecule has 5 aromatic carbocycles. The fourth-order valence-electron chi connectivity index (χ4n) is 7.25. The molecule has 2 aliphatic heterocycles. The molecule has 3 nitrogen and oxygen atoms in total. The smallest absolute Gasteiger partial charge is 0.181 e. The molecule has 1 aliphatic carbocycles. The maximum absolute atomic E-state index is 6.86. The van der Waals surface area contributed by atoms with E-state index in [9.17, 15) is 0 Å². The molecule has 6 aromatic rings. The Morgan fingerprint density at radius 3 is 2.20 bits per heavy atom. The summed E-state index contributed by atoms with van der Waals surface area (Å²) < 4.78 is 13.5. The molecule has 0 unspecified atom stereocenters. The first kappa shape index (κ1) is 25.9. The van der Waals surface area contributed by atoms with Crippen molar-refractivity contribution in [3.63, 3.8) is 0 Å². The Bertz CT molecular complexity index is 2320. The van der Waals surface area contributed by atoms with Crippen molar-refractivity contribution >= 4 is 33.4 Å². The van der Waals surface area contributed by atoms with Gasteiger partial charge in [0.05, 0.1) is 11.1 Å². The molecule has 0 saturated carbocycles. The first-order chi connectivity index (χ1) is 22.2. The van der Waals surface area contributed by atoms with Gasteiger partial charge >= 0.3 is 0 Å². The highest BCUT2D eigenvalue weighted by molar-refractivity contribution is 6.04. The molecular weight excluding hydrogens is 550 g/mol. The number of hydrogen-bond donors (Lipinski definition) is 0. The van der Waals surface area contributed by atoms with Crippen LogP contribution in [-0.2, 0) is 0 Å². The second kappa shape index (κ2) is 10.3. The summed E-state index contributed by atoms with van der Waals surface area (Å²) in [5.74, 6) is 2.48. The number of likely N-dealkylation sites (N-methyl/N-ethyl adjacent to an activating group) is 1. The fourth-order valence-corrected chi connectivity index (χ4v) is 7.25. The highest BCUT2D eigenvalue weighted by Crippen LogP contribution is 2.50. The Balaban J connectivity index is 1.24. The van der Waals surface area contributed by atoms with E-state index in [0.29, 0.717) is 0 Å². The lowest BCUT2D eigenvalue weighted by molar-refractivity contribution is 0.468. The average molecular weight is 582 g/mol. The number of furan rings is 1. The van der Waals surface area contributed by atoms with Crippen molar-refractivity contribution in [1.29, 1.82) is 0 Å². The summed E-state index contributed by atoms with van der Waals surface area (Å²) >= 11 is 0. The Hall–Kier alpha value is -5.54. The fraction of sp³-hybridized carbons (Fsp3) is 0.0952. The summed E-state index contributed by atoms with van der Waals surface area (Å²) in [5, 5.41) is 3.51. The summed E-state index contributed by atoms with van der Waals surface area (Å²) in [5.41, 5.74) is 11.7. The molecule has 45 heavy (non-hydrogen) atoms. The summed E-state index contributed by atoms with van der Waals surface area (Å²) in [6.45, 7) is 0.826. The van der Waals surface area contributed by atoms with E-state index in [2.05, 4.69) is 145 Å². The Morgan fingerprint density at radius 1 is 0.644 bits per heavy atom. The molecule has 1 aromatic heterocycles. The van der Waals surface area contributed by atoms with Crippen molar-refractivity contribution in [1.82, 2.24) is 4.90 Å². The van der Waals surface area contributed by atoms with Gasteiger partial charge in [-0.15, -0.1) is 0 Å². The van der Waals surface area contributed by atoms with Crippen LogP contribution in [0.15, 0.2) is 138 Å². The predicted molar refractivity (Wildman–Crippen MR) is 183 cm³/mol. The third-order valence-corrected chi connectivity index (χ3v) is 9.36. The van der Waals surface area contributed by atoms with Crippen LogP contribution in [0.5, 0.6) is 11.5 Å². The molecule has 0 atom stereocenters. The van der Waals surface area contributed by atoms with E-state index in [1.54, 1.807) is 0 Å². The first-order valence-electron chi connectivity index (χ1n) is 15.7. The summed E-state index contributed by atoms with van der Waals surface area (Å²) in [4.78, 5) is 2.37. The zero-order valence-corrected chi connectivity index (χ0v) is 25.1. The van der Waals surface area contributed by atoms with Crippen molar-refractivity contribution in [2.75, 3.05) is 13.6 Å². The molecule has 0 radical (unpaired) electrons. The molecule has 0 N–H and O–H groups in total. The van der Waals surface area contributed by atoms with E-state index < -0.39 is 0 Å². The predicted octanol–water partition coefficient (Wildman–Crippen LogP) is 8.77. The highest BCUT2D eigenvalue weighted by atomic mass is 16.5. The second-order valence-corrected chi connectivity index (χ2v) is 12.1. The lowest BCUT2D eigenvalue weighted by atomic mass is 9.89. The number of ether oxygens (including phenoxy) is 1. The number of hydrogen-bond acceptors (Lipinski definition) is 3. The molecule has 0 bridgehead atoms. The molecule has 3 heteroatoms. The van der Waals surface area contributed by atoms with E-state index in [4.69, 9.17) is 9.15 Å². The van der Waals surface area contributed by atoms with Crippen molar-refractivity contribution in [3.8, 4) is 22.6 Å². The maximum Gasteiger partial charge on any atom is 0.181 e. The normalized spacial score (nSPS) is 15.3. The van der Waals surface area contributed by atoms with Crippen LogP contribution in [0.1, 0.15) is 35.3 Å². The standard InChI is InChI=1S/C42H31NO2/c1-43-26-37(28-14-6-3-7-15-28)31-16-8-10-18-33(31)40(43)30-21-23-39-36(25-30)42-41(45-39)34-19-11-9-17-32(34)35-24-29(20-22-38(35)44-42)27-12-4-2-5-13-27/h2-8,10-16,18-25H,9,17,26H2,1H3. The minimum Gasteiger partial charge on any atom is -0.452 e. The van der Waals surface area contributed by atoms with Crippen LogP contribution in [0.25, 0.3) is 44.5 Å². The molecule has 9 rings (SSSR count). The van der Waals surface area contributed by atoms with Crippen molar-refractivity contribution in [2.24, 2.45) is 0 Å². The highest BCUT2D eigenvalue weighted by Gasteiger charge is 2.29. The van der Waals surface area contributed by atoms with Gasteiger partial charge in [-0.25, -0.2) is 0 Å². The minimum absolute atomic E-state index is 0.793. The van der Waals surface area contributed by atoms with Crippen LogP contribution >= 0.6 is 0 Å². The molecule has 3 heterocycles. The number of benzene rings is 5. The van der Waals surface area contributed by atoms with E-state index >= 15 is 0 Å². The topological polar surface area (TPSA) is 25.6 Å². The van der Waals surface area contributed by atoms with Crippen LogP contribution in [0.2, 0.25) is 0 Å². The summed E-state index contributed by atoms with van der Waals surface area (Å²) in [7, 11) is 2.19. The van der Waals surface area contributed by atoms with Crippen LogP contribution in [0.4, 0.5) is 0 Å². The van der Waals surface area contributed by atoms with E-state index in [1.165, 1.54) is 44.0 Å². The van der Waals surface area contributed by atoms with Gasteiger partial charge in [0, 0.05) is 29.9 Å². The first-order valence-corrected chi connectivity index (χ1v) is 15.7. The third kappa shape index (κ3) is 4.19. The molecule has 0 fully saturated rings. The maximum atomic E-state index is 6.86. The molecule has 3 aliphatic rings. The lowest BCUT2D eigenvalue weighted by Gasteiger charge is -2.29. The number of allylic oxidation sites excluding steroid dienone is 4. The van der Waals surface area contributed by atoms with E-state index in [1.807, 2.05) is 0 Å². The van der Waals surface area contributed by atoms with Crippen LogP contribution in [-0.4, -0.2) is 18.5 Å². The van der Waals surface area contributed by atoms with Crippen LogP contribution < -0.4 is 15.2 Å². The SMILES string of the molecule is CN1CC(c2ccccc2)=c2ccccc2=C1c1ccc2oc3c(c2c1)Oc1ccc(-c2ccccc2)cc1C1=C3C=CCC1. The van der Waals surface area contributed by atoms with E-state index in [0.717, 1.165) is 64.3 Å². The summed E-state index contributed by atoms with van der Waals surface area (Å²) in [6, 6.07) is 43.2. The van der Waals surface area contributed by atoms with Gasteiger partial charge in [-0.3, -0.25) is 0 Å². The quantitative estimate of drug-likeness (QED) is 0.209. The Labute approximate surface area is 262 Å². The van der Waals surface area contributed by atoms with Gasteiger partial charge in [-0.05, 0) is 81.8 Å². The zero-order valence-electron chi connectivity index (χ0n) is 25.1. The van der Waals surface area contributed by atoms with Crippen LogP contribution in [0.3, 0.4) is 0 Å². The molecule has 0 amide bonds. The van der Waals surface area contributed by atoms with Crippen LogP contribution in [0, 0.1) is 0 Å². The summed E-state index contributed by atoms with van der Waals surface area (Å²) in [6.07, 6.45) is 6.41. The largest absolute Gasteiger partial charge is 0.452 e. The average Bonchev–Trinajstić information content (AvgIpc) is 3.39. The van der Waals surface area contributed by atoms with E-state index in [-0.39, 0.29) is 0 Å². The van der Waals surface area contributed by atoms with Gasteiger partial charge in [0.15, 0.2) is 11.5 Å². The van der Waals surface area contributed by atoms with Crippen molar-refractivity contribution < 1.29 is 9.15 Å². The third-order valence-electron chi connectivity index (χ3n) is 9.36. The number of rotatable bonds is 3. The van der Waals surface area contributed by atoms with Gasteiger partial charge in [-0.1, -0.05) is 103 Å². The molecular formula is C42H31NO2. The van der Waals surface area contributed by atoms with Crippen molar-refractivity contribution in [2.45, 2.75) is 12.8 Å². The second-order valence-electron chi connectivity index (χ2n) is 12.1.